The zero-order valence-electron chi connectivity index (χ0n) is 15.9. The van der Waals surface area contributed by atoms with Crippen molar-refractivity contribution in [3.8, 4) is 11.5 Å². The van der Waals surface area contributed by atoms with Gasteiger partial charge in [0, 0.05) is 11.8 Å². The number of urea groups is 1. The van der Waals surface area contributed by atoms with Gasteiger partial charge in [-0.3, -0.25) is 4.90 Å². The molecule has 31 heavy (non-hydrogen) atoms. The van der Waals surface area contributed by atoms with Crippen LogP contribution in [-0.4, -0.2) is 21.4 Å². The van der Waals surface area contributed by atoms with Crippen molar-refractivity contribution in [2.75, 3.05) is 10.2 Å². The lowest BCUT2D eigenvalue weighted by Gasteiger charge is -2.28. The minimum atomic E-state index is -1.25. The number of carboxylic acid groups (broad SMARTS) is 1. The SMILES string of the molecule is O=C1Nc2c[s+](C(=O)O)c3nccc(c23)N1c1ccccc1Oc1ccccc1CF. The number of pyridine rings is 1. The number of ether oxygens (including phenoxy) is 1. The Bertz CT molecular complexity index is 1350. The van der Waals surface area contributed by atoms with E-state index in [4.69, 9.17) is 4.74 Å². The van der Waals surface area contributed by atoms with Crippen molar-refractivity contribution in [1.29, 1.82) is 0 Å². The van der Waals surface area contributed by atoms with Crippen LogP contribution in [0.4, 0.5) is 31.0 Å². The summed E-state index contributed by atoms with van der Waals surface area (Å²) in [7, 11) is -1.25. The number of aromatic nitrogens is 1. The van der Waals surface area contributed by atoms with Crippen molar-refractivity contribution in [1.82, 2.24) is 4.98 Å². The summed E-state index contributed by atoms with van der Waals surface area (Å²) < 4.78 is 19.4. The molecule has 7 nitrogen and oxygen atoms in total. The number of nitrogens with one attached hydrogen (secondary N) is 1. The van der Waals surface area contributed by atoms with Crippen LogP contribution in [0, 0.1) is 0 Å². The van der Waals surface area contributed by atoms with Crippen LogP contribution in [0.1, 0.15) is 5.56 Å². The Morgan fingerprint density at radius 1 is 1.10 bits per heavy atom. The highest BCUT2D eigenvalue weighted by Crippen LogP contribution is 2.48. The second-order valence-corrected chi connectivity index (χ2v) is 8.37. The summed E-state index contributed by atoms with van der Waals surface area (Å²) in [4.78, 5) is 30.8. The number of thiophene rings is 1. The van der Waals surface area contributed by atoms with Gasteiger partial charge in [0.05, 0.1) is 11.4 Å². The van der Waals surface area contributed by atoms with E-state index in [1.165, 1.54) is 16.5 Å². The highest BCUT2D eigenvalue weighted by atomic mass is 32.2. The number of halogens is 1. The van der Waals surface area contributed by atoms with E-state index in [1.807, 2.05) is 0 Å². The van der Waals surface area contributed by atoms with Gasteiger partial charge in [-0.15, -0.1) is 0 Å². The molecular formula is C22H15FN3O4S+. The first-order valence-electron chi connectivity index (χ1n) is 9.27. The highest BCUT2D eigenvalue weighted by molar-refractivity contribution is 7.54. The Morgan fingerprint density at radius 2 is 1.84 bits per heavy atom. The van der Waals surface area contributed by atoms with Gasteiger partial charge in [-0.1, -0.05) is 30.3 Å². The Labute approximate surface area is 178 Å². The molecule has 2 N–H and O–H groups in total. The molecule has 154 valence electrons. The molecule has 2 aromatic heterocycles. The molecule has 2 amide bonds. The maximum atomic E-state index is 13.4. The number of alkyl halides is 1. The standard InChI is InChI=1S/C22H14FN3O4S/c23-11-13-5-1-3-7-17(13)30-18-8-4-2-6-15(18)26-16-9-10-24-20-19(16)14(25-21(26)27)12-31(20)22(28)29/h1-10,12H,11H2,(H-,25,27,28,29)/p+1. The lowest BCUT2D eigenvalue weighted by Crippen LogP contribution is -2.33. The molecule has 3 heterocycles. The molecule has 1 atom stereocenters. The minimum absolute atomic E-state index is 0.350. The summed E-state index contributed by atoms with van der Waals surface area (Å²) >= 11 is 0. The largest absolute Gasteiger partial charge is 0.554 e. The van der Waals surface area contributed by atoms with E-state index in [9.17, 15) is 19.1 Å². The number of anilines is 3. The summed E-state index contributed by atoms with van der Waals surface area (Å²) in [6.07, 6.45) is 1.49. The molecule has 0 saturated carbocycles. The normalized spacial score (nSPS) is 13.3. The number of para-hydroxylation sites is 3. The summed E-state index contributed by atoms with van der Waals surface area (Å²) in [5.74, 6) is 0.703. The van der Waals surface area contributed by atoms with Crippen LogP contribution in [0.15, 0.2) is 66.2 Å². The molecule has 0 saturated heterocycles. The topological polar surface area (TPSA) is 91.8 Å². The number of benzene rings is 2. The van der Waals surface area contributed by atoms with E-state index in [-0.39, 0.29) is 0 Å². The van der Waals surface area contributed by atoms with Gasteiger partial charge < -0.3 is 15.2 Å². The van der Waals surface area contributed by atoms with Crippen LogP contribution in [0.25, 0.3) is 10.2 Å². The lowest BCUT2D eigenvalue weighted by atomic mass is 10.1. The molecule has 2 aromatic carbocycles. The Morgan fingerprint density at radius 3 is 2.61 bits per heavy atom. The second kappa shape index (κ2) is 7.37. The first-order valence-corrected chi connectivity index (χ1v) is 10.6. The van der Waals surface area contributed by atoms with Gasteiger partial charge in [-0.2, -0.15) is 4.79 Å². The molecule has 0 fully saturated rings. The number of nitrogens with zero attached hydrogens (tertiary/aromatic N) is 2. The number of hydrogen-bond acceptors (Lipinski definition) is 4. The van der Waals surface area contributed by atoms with E-state index >= 15 is 0 Å². The first-order chi connectivity index (χ1) is 15.1. The van der Waals surface area contributed by atoms with Crippen LogP contribution < -0.4 is 15.0 Å². The van der Waals surface area contributed by atoms with Crippen molar-refractivity contribution in [3.63, 3.8) is 0 Å². The van der Waals surface area contributed by atoms with E-state index in [0.717, 1.165) is 0 Å². The van der Waals surface area contributed by atoms with Gasteiger partial charge in [-0.05, 0) is 24.3 Å². The quantitative estimate of drug-likeness (QED) is 0.351. The monoisotopic (exact) mass is 436 g/mol. The molecule has 0 aliphatic carbocycles. The maximum absolute atomic E-state index is 13.4. The van der Waals surface area contributed by atoms with Crippen LogP contribution in [-0.2, 0) is 6.67 Å². The molecular weight excluding hydrogens is 421 g/mol. The van der Waals surface area contributed by atoms with E-state index in [1.54, 1.807) is 54.6 Å². The zero-order valence-corrected chi connectivity index (χ0v) is 16.7. The fraction of sp³-hybridized carbons (Fsp3) is 0.0455. The van der Waals surface area contributed by atoms with Crippen molar-refractivity contribution in [2.24, 2.45) is 0 Å². The number of carbonyl (C=O) groups is 2. The van der Waals surface area contributed by atoms with Crippen LogP contribution in [0.3, 0.4) is 0 Å². The average Bonchev–Trinajstić information content (AvgIpc) is 3.15. The summed E-state index contributed by atoms with van der Waals surface area (Å²) in [6, 6.07) is 14.9. The number of carbonyl (C=O) groups excluding carboxylic acids is 1. The highest BCUT2D eigenvalue weighted by Gasteiger charge is 2.37. The predicted octanol–water partition coefficient (Wildman–Crippen LogP) is 6.46. The van der Waals surface area contributed by atoms with Crippen LogP contribution in [0.5, 0.6) is 11.5 Å². The number of hydrogen-bond donors (Lipinski definition) is 2. The third kappa shape index (κ3) is 3.06. The molecule has 5 rings (SSSR count). The maximum Gasteiger partial charge on any atom is 0.554 e. The summed E-state index contributed by atoms with van der Waals surface area (Å²) in [5.41, 5.74) is 1.77. The van der Waals surface area contributed by atoms with Gasteiger partial charge in [0.25, 0.3) is 4.83 Å². The molecule has 1 unspecified atom stereocenters. The first kappa shape index (κ1) is 19.0. The summed E-state index contributed by atoms with van der Waals surface area (Å²) in [5, 5.41) is 13.4. The Hall–Kier alpha value is -3.98. The number of rotatable bonds is 5. The van der Waals surface area contributed by atoms with Gasteiger partial charge in [-0.25, -0.2) is 14.2 Å². The number of amides is 2. The fourth-order valence-electron chi connectivity index (χ4n) is 3.58. The van der Waals surface area contributed by atoms with Crippen molar-refractivity contribution in [3.05, 3.63) is 71.7 Å². The van der Waals surface area contributed by atoms with Gasteiger partial charge in [0.1, 0.15) is 34.0 Å². The predicted molar refractivity (Wildman–Crippen MR) is 117 cm³/mol. The van der Waals surface area contributed by atoms with Crippen molar-refractivity contribution >= 4 is 49.1 Å². The molecule has 0 bridgehead atoms. The fourth-order valence-corrected chi connectivity index (χ4v) is 4.98. The van der Waals surface area contributed by atoms with Gasteiger partial charge in [0.2, 0.25) is 0 Å². The van der Waals surface area contributed by atoms with Crippen LogP contribution >= 0.6 is 10.5 Å². The Kier molecular flexibility index (Phi) is 4.52. The van der Waals surface area contributed by atoms with Crippen LogP contribution in [0.2, 0.25) is 0 Å². The minimum Gasteiger partial charge on any atom is -0.455 e. The van der Waals surface area contributed by atoms with Crippen molar-refractivity contribution in [2.45, 2.75) is 6.67 Å². The summed E-state index contributed by atoms with van der Waals surface area (Å²) in [6.45, 7) is -0.688. The third-order valence-corrected chi connectivity index (χ3v) is 6.50. The smallest absolute Gasteiger partial charge is 0.455 e. The molecule has 9 heteroatoms. The molecule has 1 aliphatic heterocycles. The van der Waals surface area contributed by atoms with Crippen molar-refractivity contribution < 1.29 is 23.8 Å². The second-order valence-electron chi connectivity index (χ2n) is 6.72. The van der Waals surface area contributed by atoms with E-state index in [2.05, 4.69) is 10.3 Å². The molecule has 0 radical (unpaired) electrons. The van der Waals surface area contributed by atoms with E-state index in [0.29, 0.717) is 44.3 Å². The molecule has 0 spiro atoms. The zero-order chi connectivity index (χ0) is 21.5. The lowest BCUT2D eigenvalue weighted by molar-refractivity contribution is 0.221. The molecule has 4 aromatic rings. The van der Waals surface area contributed by atoms with E-state index < -0.39 is 28.5 Å². The third-order valence-electron chi connectivity index (χ3n) is 4.92. The average molecular weight is 436 g/mol. The molecule has 1 aliphatic rings. The van der Waals surface area contributed by atoms with Gasteiger partial charge >= 0.3 is 11.3 Å². The van der Waals surface area contributed by atoms with Gasteiger partial charge in [0.15, 0.2) is 11.1 Å². The Balaban J connectivity index is 1.66.